The molecule has 0 N–H and O–H groups in total. The molecule has 2 aromatic rings. The second-order valence-corrected chi connectivity index (χ2v) is 6.04. The van der Waals surface area contributed by atoms with Crippen molar-refractivity contribution in [3.8, 4) is 11.5 Å². The van der Waals surface area contributed by atoms with Crippen molar-refractivity contribution in [2.45, 2.75) is 13.5 Å². The van der Waals surface area contributed by atoms with Gasteiger partial charge >= 0.3 is 6.16 Å². The van der Waals surface area contributed by atoms with Crippen LogP contribution in [0.1, 0.15) is 11.1 Å². The molecule has 0 fully saturated rings. The minimum Gasteiger partial charge on any atom is -0.489 e. The molecule has 0 aliphatic heterocycles. The molecular weight excluding hydrogens is 419 g/mol. The van der Waals surface area contributed by atoms with Crippen LogP contribution in [0.25, 0.3) is 0 Å². The summed E-state index contributed by atoms with van der Waals surface area (Å²) in [5.74, 6) is 1.07. The Bertz CT molecular complexity index is 688. The summed E-state index contributed by atoms with van der Waals surface area (Å²) >= 11 is 8.24. The lowest BCUT2D eigenvalue weighted by molar-refractivity contribution is 0.120. The van der Waals surface area contributed by atoms with Crippen LogP contribution in [0, 0.1) is 10.5 Å². The van der Waals surface area contributed by atoms with Gasteiger partial charge in [-0.1, -0.05) is 23.7 Å². The largest absolute Gasteiger partial charge is 0.513 e. The molecule has 6 heteroatoms. The van der Waals surface area contributed by atoms with E-state index in [1.165, 1.54) is 7.11 Å². The van der Waals surface area contributed by atoms with Gasteiger partial charge in [-0.15, -0.1) is 0 Å². The molecule has 4 nitrogen and oxygen atoms in total. The van der Waals surface area contributed by atoms with Gasteiger partial charge < -0.3 is 14.2 Å². The Labute approximate surface area is 147 Å². The first-order valence-corrected chi connectivity index (χ1v) is 7.89. The Hall–Kier alpha value is -1.47. The number of halogens is 2. The Morgan fingerprint density at radius 2 is 2.05 bits per heavy atom. The van der Waals surface area contributed by atoms with Crippen molar-refractivity contribution in [2.24, 2.45) is 0 Å². The van der Waals surface area contributed by atoms with Crippen LogP contribution in [-0.2, 0) is 11.3 Å². The molecule has 0 heterocycles. The van der Waals surface area contributed by atoms with Gasteiger partial charge in [0.15, 0.2) is 0 Å². The Balaban J connectivity index is 2.17. The summed E-state index contributed by atoms with van der Waals surface area (Å²) in [7, 11) is 1.26. The number of hydrogen-bond acceptors (Lipinski definition) is 4. The van der Waals surface area contributed by atoms with Crippen LogP contribution in [-0.4, -0.2) is 13.3 Å². The fraction of sp³-hybridized carbons (Fsp3) is 0.188. The molecule has 0 spiro atoms. The Morgan fingerprint density at radius 1 is 1.27 bits per heavy atom. The maximum atomic E-state index is 11.3. The third kappa shape index (κ3) is 4.27. The molecule has 0 bridgehead atoms. The number of carbonyl (C=O) groups is 1. The van der Waals surface area contributed by atoms with Crippen LogP contribution in [0.5, 0.6) is 11.5 Å². The van der Waals surface area contributed by atoms with Crippen LogP contribution in [0.3, 0.4) is 0 Å². The van der Waals surface area contributed by atoms with Crippen LogP contribution in [0.15, 0.2) is 36.4 Å². The van der Waals surface area contributed by atoms with Gasteiger partial charge in [0.05, 0.1) is 7.11 Å². The highest BCUT2D eigenvalue weighted by Crippen LogP contribution is 2.27. The summed E-state index contributed by atoms with van der Waals surface area (Å²) in [4.78, 5) is 11.3. The lowest BCUT2D eigenvalue weighted by atomic mass is 10.2. The van der Waals surface area contributed by atoms with E-state index in [0.29, 0.717) is 16.5 Å². The first-order valence-electron chi connectivity index (χ1n) is 6.43. The van der Waals surface area contributed by atoms with Gasteiger partial charge in [-0.2, -0.15) is 0 Å². The summed E-state index contributed by atoms with van der Waals surface area (Å²) in [6.45, 7) is 2.18. The highest BCUT2D eigenvalue weighted by Gasteiger charge is 2.13. The molecule has 0 aliphatic rings. The zero-order chi connectivity index (χ0) is 16.1. The highest BCUT2D eigenvalue weighted by atomic mass is 127. The quantitative estimate of drug-likeness (QED) is 0.388. The SMILES string of the molecule is COC(=O)Oc1cccc(I)c1COc1ccc(C)c(Cl)c1. The number of rotatable bonds is 4. The second kappa shape index (κ2) is 7.69. The molecule has 22 heavy (non-hydrogen) atoms. The Kier molecular flexibility index (Phi) is 5.90. The smallest absolute Gasteiger partial charge is 0.489 e. The van der Waals surface area contributed by atoms with Crippen molar-refractivity contribution in [3.63, 3.8) is 0 Å². The summed E-state index contributed by atoms with van der Waals surface area (Å²) < 4.78 is 16.3. The third-order valence-electron chi connectivity index (χ3n) is 2.96. The summed E-state index contributed by atoms with van der Waals surface area (Å²) in [6, 6.07) is 10.9. The minimum atomic E-state index is -0.762. The topological polar surface area (TPSA) is 44.8 Å². The molecule has 0 aromatic heterocycles. The zero-order valence-corrected chi connectivity index (χ0v) is 15.0. The van der Waals surface area contributed by atoms with Gasteiger partial charge in [-0.05, 0) is 59.3 Å². The lowest BCUT2D eigenvalue weighted by Gasteiger charge is -2.13. The molecule has 0 aliphatic carbocycles. The van der Waals surface area contributed by atoms with Crippen molar-refractivity contribution < 1.29 is 19.0 Å². The van der Waals surface area contributed by atoms with E-state index >= 15 is 0 Å². The van der Waals surface area contributed by atoms with Crippen molar-refractivity contribution in [1.29, 1.82) is 0 Å². The van der Waals surface area contributed by atoms with Gasteiger partial charge in [-0.25, -0.2) is 4.79 Å². The van der Waals surface area contributed by atoms with Crippen LogP contribution < -0.4 is 9.47 Å². The minimum absolute atomic E-state index is 0.255. The van der Waals surface area contributed by atoms with Crippen LogP contribution in [0.4, 0.5) is 4.79 Å². The van der Waals surface area contributed by atoms with Crippen molar-refractivity contribution >= 4 is 40.3 Å². The first-order chi connectivity index (χ1) is 10.5. The molecule has 2 rings (SSSR count). The van der Waals surface area contributed by atoms with Crippen molar-refractivity contribution in [2.75, 3.05) is 7.11 Å². The summed E-state index contributed by atoms with van der Waals surface area (Å²) in [6.07, 6.45) is -0.762. The highest BCUT2D eigenvalue weighted by molar-refractivity contribution is 14.1. The molecule has 116 valence electrons. The van der Waals surface area contributed by atoms with Crippen molar-refractivity contribution in [3.05, 3.63) is 56.1 Å². The number of aryl methyl sites for hydroxylation is 1. The third-order valence-corrected chi connectivity index (χ3v) is 4.38. The second-order valence-electron chi connectivity index (χ2n) is 4.47. The maximum absolute atomic E-state index is 11.3. The fourth-order valence-corrected chi connectivity index (χ4v) is 2.52. The van der Waals surface area contributed by atoms with Gasteiger partial charge in [0.1, 0.15) is 18.1 Å². The first kappa shape index (κ1) is 16.9. The van der Waals surface area contributed by atoms with Gasteiger partial charge in [0, 0.05) is 14.2 Å². The van der Waals surface area contributed by atoms with Gasteiger partial charge in [0.25, 0.3) is 0 Å². The summed E-state index contributed by atoms with van der Waals surface area (Å²) in [5, 5.41) is 0.645. The number of ether oxygens (including phenoxy) is 3. The molecule has 0 amide bonds. The monoisotopic (exact) mass is 432 g/mol. The molecule has 0 radical (unpaired) electrons. The van der Waals surface area contributed by atoms with E-state index in [4.69, 9.17) is 21.1 Å². The molecule has 2 aromatic carbocycles. The Morgan fingerprint density at radius 3 is 2.73 bits per heavy atom. The molecule has 0 atom stereocenters. The summed E-state index contributed by atoms with van der Waals surface area (Å²) in [5.41, 5.74) is 1.75. The predicted molar refractivity (Wildman–Crippen MR) is 92.7 cm³/mol. The molecular formula is C16H14ClIO4. The predicted octanol–water partition coefficient (Wildman–Crippen LogP) is 4.98. The van der Waals surface area contributed by atoms with E-state index in [1.54, 1.807) is 18.2 Å². The van der Waals surface area contributed by atoms with Crippen LogP contribution >= 0.6 is 34.2 Å². The normalized spacial score (nSPS) is 10.2. The number of methoxy groups -OCH3 is 1. The van der Waals surface area contributed by atoms with E-state index in [0.717, 1.165) is 14.7 Å². The number of benzene rings is 2. The van der Waals surface area contributed by atoms with E-state index in [2.05, 4.69) is 27.3 Å². The fourth-order valence-electron chi connectivity index (χ4n) is 1.72. The average molecular weight is 433 g/mol. The van der Waals surface area contributed by atoms with E-state index < -0.39 is 6.16 Å². The van der Waals surface area contributed by atoms with Gasteiger partial charge in [0.2, 0.25) is 0 Å². The molecule has 0 unspecified atom stereocenters. The van der Waals surface area contributed by atoms with E-state index in [-0.39, 0.29) is 6.61 Å². The zero-order valence-electron chi connectivity index (χ0n) is 12.1. The van der Waals surface area contributed by atoms with Gasteiger partial charge in [-0.3, -0.25) is 0 Å². The lowest BCUT2D eigenvalue weighted by Crippen LogP contribution is -2.10. The van der Waals surface area contributed by atoms with E-state index in [1.807, 2.05) is 25.1 Å². The number of carbonyl (C=O) groups excluding carboxylic acids is 1. The standard InChI is InChI=1S/C16H14ClIO4/c1-10-6-7-11(8-13(10)17)21-9-12-14(18)4-3-5-15(12)22-16(19)20-2/h3-8H,9H2,1-2H3. The van der Waals surface area contributed by atoms with Crippen LogP contribution in [0.2, 0.25) is 5.02 Å². The molecule has 0 saturated heterocycles. The molecule has 0 saturated carbocycles. The number of hydrogen-bond donors (Lipinski definition) is 0. The average Bonchev–Trinajstić information content (AvgIpc) is 2.50. The van der Waals surface area contributed by atoms with E-state index in [9.17, 15) is 4.79 Å². The maximum Gasteiger partial charge on any atom is 0.513 e. The van der Waals surface area contributed by atoms with Crippen molar-refractivity contribution in [1.82, 2.24) is 0 Å².